The monoisotopic (exact) mass is 315 g/mol. The van der Waals surface area contributed by atoms with E-state index in [4.69, 9.17) is 0 Å². The molecule has 1 aromatic rings. The number of carbonyl (C=O) groups is 2. The van der Waals surface area contributed by atoms with Crippen molar-refractivity contribution >= 4 is 17.5 Å². The molecule has 1 heterocycles. The van der Waals surface area contributed by atoms with Crippen molar-refractivity contribution in [2.45, 2.75) is 0 Å². The smallest absolute Gasteiger partial charge is 0.238 e. The van der Waals surface area contributed by atoms with Crippen molar-refractivity contribution in [3.63, 3.8) is 0 Å². The molecule has 0 N–H and O–H groups in total. The molecule has 2 amide bonds. The van der Waals surface area contributed by atoms with Crippen LogP contribution in [0.4, 0.5) is 5.69 Å². The molecular formula is C21H17NO2. The van der Waals surface area contributed by atoms with Crippen molar-refractivity contribution in [3.05, 3.63) is 54.1 Å². The number of amides is 2. The number of anilines is 1. The minimum atomic E-state index is -0.0624. The number of rotatable bonds is 1. The molecule has 3 saturated carbocycles. The van der Waals surface area contributed by atoms with E-state index < -0.39 is 0 Å². The lowest BCUT2D eigenvalue weighted by Crippen LogP contribution is -2.47. The Bertz CT molecular complexity index is 854. The summed E-state index contributed by atoms with van der Waals surface area (Å²) in [6, 6.07) is 9.49. The maximum Gasteiger partial charge on any atom is 0.238 e. The summed E-state index contributed by atoms with van der Waals surface area (Å²) in [5, 5.41) is 0. The van der Waals surface area contributed by atoms with Gasteiger partial charge < -0.3 is 0 Å². The predicted octanol–water partition coefficient (Wildman–Crippen LogP) is 2.66. The number of allylic oxidation sites excluding steroid dienone is 4. The molecular weight excluding hydrogens is 298 g/mol. The standard InChI is InChI=1S/C21H17NO2/c23-20-18-16-13-9-6-7-11-12(8-9)15(16)17(14(11)13)19(18)21(24)22(20)10-4-2-1-3-5-10/h1-9,11,13-19H/t9-,11+,13-,14+,15-,16-,17+,18+,19+/m1/s1. The molecule has 1 saturated heterocycles. The van der Waals surface area contributed by atoms with Crippen LogP contribution in [0.2, 0.25) is 0 Å². The highest BCUT2D eigenvalue weighted by Gasteiger charge is 2.78. The summed E-state index contributed by atoms with van der Waals surface area (Å²) in [5.74, 6) is 3.71. The van der Waals surface area contributed by atoms with E-state index in [0.29, 0.717) is 41.4 Å². The normalized spacial score (nSPS) is 51.1. The molecule has 3 nitrogen and oxygen atoms in total. The minimum absolute atomic E-state index is 0.0624. The van der Waals surface area contributed by atoms with E-state index in [0.717, 1.165) is 5.69 Å². The lowest BCUT2D eigenvalue weighted by molar-refractivity contribution is -0.124. The van der Waals surface area contributed by atoms with Crippen molar-refractivity contribution in [2.75, 3.05) is 4.90 Å². The molecule has 3 heteroatoms. The second-order valence-electron chi connectivity index (χ2n) is 8.39. The summed E-state index contributed by atoms with van der Waals surface area (Å²) in [4.78, 5) is 27.9. The van der Waals surface area contributed by atoms with Gasteiger partial charge in [0, 0.05) is 5.92 Å². The van der Waals surface area contributed by atoms with Crippen molar-refractivity contribution in [3.8, 4) is 0 Å². The summed E-state index contributed by atoms with van der Waals surface area (Å²) in [5.41, 5.74) is 2.32. The Kier molecular flexibility index (Phi) is 1.83. The molecule has 8 bridgehead atoms. The van der Waals surface area contributed by atoms with Gasteiger partial charge in [0.2, 0.25) is 11.8 Å². The average molecular weight is 315 g/mol. The topological polar surface area (TPSA) is 37.4 Å². The molecule has 0 radical (unpaired) electrons. The molecule has 1 aromatic carbocycles. The van der Waals surface area contributed by atoms with Gasteiger partial charge in [0.15, 0.2) is 0 Å². The molecule has 9 atom stereocenters. The molecule has 1 aliphatic heterocycles. The summed E-state index contributed by atoms with van der Waals surface area (Å²) < 4.78 is 0. The second-order valence-corrected chi connectivity index (χ2v) is 8.39. The Morgan fingerprint density at radius 2 is 1.46 bits per heavy atom. The molecule has 8 aliphatic rings. The summed E-state index contributed by atoms with van der Waals surface area (Å²) in [6.45, 7) is 0. The van der Waals surface area contributed by atoms with Crippen molar-refractivity contribution < 1.29 is 9.59 Å². The number of carbonyl (C=O) groups excluding carboxylic acids is 2. The van der Waals surface area contributed by atoms with Crippen LogP contribution in [0.15, 0.2) is 54.1 Å². The fourth-order valence-electron chi connectivity index (χ4n) is 7.64. The van der Waals surface area contributed by atoms with E-state index >= 15 is 0 Å². The average Bonchev–Trinajstić information content (AvgIpc) is 3.29. The molecule has 0 aromatic heterocycles. The Labute approximate surface area is 140 Å². The highest BCUT2D eigenvalue weighted by molar-refractivity contribution is 6.22. The van der Waals surface area contributed by atoms with E-state index in [9.17, 15) is 9.59 Å². The number of imide groups is 1. The maximum atomic E-state index is 13.2. The highest BCUT2D eigenvalue weighted by atomic mass is 16.2. The zero-order chi connectivity index (χ0) is 15.7. The van der Waals surface area contributed by atoms with E-state index in [1.54, 1.807) is 5.57 Å². The van der Waals surface area contributed by atoms with Gasteiger partial charge in [0.1, 0.15) is 0 Å². The molecule has 4 fully saturated rings. The van der Waals surface area contributed by atoms with Gasteiger partial charge in [0.05, 0.1) is 17.5 Å². The molecule has 0 spiro atoms. The lowest BCUT2D eigenvalue weighted by atomic mass is 9.53. The third-order valence-corrected chi connectivity index (χ3v) is 7.96. The number of benzene rings is 1. The molecule has 118 valence electrons. The van der Waals surface area contributed by atoms with Gasteiger partial charge in [0.25, 0.3) is 0 Å². The summed E-state index contributed by atoms with van der Waals surface area (Å²) >= 11 is 0. The largest absolute Gasteiger partial charge is 0.274 e. The van der Waals surface area contributed by atoms with Crippen LogP contribution in [0.25, 0.3) is 0 Å². The van der Waals surface area contributed by atoms with Crippen LogP contribution < -0.4 is 4.90 Å². The van der Waals surface area contributed by atoms with E-state index in [-0.39, 0.29) is 23.7 Å². The van der Waals surface area contributed by atoms with Gasteiger partial charge in [-0.05, 0) is 47.6 Å². The van der Waals surface area contributed by atoms with Gasteiger partial charge in [-0.3, -0.25) is 14.5 Å². The van der Waals surface area contributed by atoms with E-state index in [1.807, 2.05) is 30.3 Å². The minimum Gasteiger partial charge on any atom is -0.274 e. The van der Waals surface area contributed by atoms with Crippen molar-refractivity contribution in [1.82, 2.24) is 0 Å². The Hall–Kier alpha value is -2.16. The zero-order valence-corrected chi connectivity index (χ0v) is 13.1. The second kappa shape index (κ2) is 3.58. The molecule has 7 aliphatic carbocycles. The zero-order valence-electron chi connectivity index (χ0n) is 13.1. The Morgan fingerprint density at radius 1 is 0.750 bits per heavy atom. The first-order chi connectivity index (χ1) is 11.8. The van der Waals surface area contributed by atoms with E-state index in [1.165, 1.54) is 4.90 Å². The number of hydrogen-bond donors (Lipinski definition) is 0. The maximum absolute atomic E-state index is 13.2. The van der Waals surface area contributed by atoms with Crippen LogP contribution in [0.5, 0.6) is 0 Å². The van der Waals surface area contributed by atoms with Crippen molar-refractivity contribution in [1.29, 1.82) is 0 Å². The predicted molar refractivity (Wildman–Crippen MR) is 87.6 cm³/mol. The third-order valence-electron chi connectivity index (χ3n) is 7.96. The number of nitrogens with zero attached hydrogens (tertiary/aromatic N) is 1. The van der Waals surface area contributed by atoms with Crippen LogP contribution in [0.3, 0.4) is 0 Å². The molecule has 24 heavy (non-hydrogen) atoms. The number of para-hydroxylation sites is 1. The summed E-state index contributed by atoms with van der Waals surface area (Å²) in [6.07, 6.45) is 7.22. The first-order valence-electron chi connectivity index (χ1n) is 9.10. The Morgan fingerprint density at radius 3 is 2.21 bits per heavy atom. The van der Waals surface area contributed by atoms with Crippen LogP contribution in [0.1, 0.15) is 0 Å². The van der Waals surface area contributed by atoms with Crippen LogP contribution in [-0.4, -0.2) is 11.8 Å². The molecule has 9 rings (SSSR count). The van der Waals surface area contributed by atoms with Gasteiger partial charge in [-0.25, -0.2) is 0 Å². The van der Waals surface area contributed by atoms with Crippen LogP contribution in [0, 0.1) is 53.3 Å². The van der Waals surface area contributed by atoms with Gasteiger partial charge >= 0.3 is 0 Å². The Balaban J connectivity index is 1.38. The fraction of sp³-hybridized carbons (Fsp3) is 0.429. The van der Waals surface area contributed by atoms with Gasteiger partial charge in [-0.2, -0.15) is 0 Å². The fourth-order valence-corrected chi connectivity index (χ4v) is 7.64. The summed E-state index contributed by atoms with van der Waals surface area (Å²) in [7, 11) is 0. The number of hydrogen-bond acceptors (Lipinski definition) is 2. The quantitative estimate of drug-likeness (QED) is 0.590. The first-order valence-corrected chi connectivity index (χ1v) is 9.10. The SMILES string of the molecule is O=C1[C@@H]2[C@@H](C(=O)N1c1ccccc1)[C@@H]1[C@@H]3C4=C[C@H]5C=C[C@@H]4[C@H]1[C@@H]5[C@@H]23. The van der Waals surface area contributed by atoms with Crippen molar-refractivity contribution in [2.24, 2.45) is 53.3 Å². The van der Waals surface area contributed by atoms with Crippen LogP contribution in [-0.2, 0) is 9.59 Å². The van der Waals surface area contributed by atoms with E-state index in [2.05, 4.69) is 18.2 Å². The van der Waals surface area contributed by atoms with Crippen LogP contribution >= 0.6 is 0 Å². The van der Waals surface area contributed by atoms with Gasteiger partial charge in [-0.15, -0.1) is 0 Å². The van der Waals surface area contributed by atoms with Gasteiger partial charge in [-0.1, -0.05) is 42.0 Å². The lowest BCUT2D eigenvalue weighted by Gasteiger charge is -2.50. The highest BCUT2D eigenvalue weighted by Crippen LogP contribution is 2.78. The third kappa shape index (κ3) is 1.03. The molecule has 0 unspecified atom stereocenters. The first kappa shape index (κ1) is 12.2. The number of fused-ring (bicyclic) bond motifs is 1.